The Balaban J connectivity index is 2.25. The molecule has 0 saturated heterocycles. The lowest BCUT2D eigenvalue weighted by atomic mass is 10.0. The van der Waals surface area contributed by atoms with Gasteiger partial charge in [-0.05, 0) is 35.9 Å². The van der Waals surface area contributed by atoms with E-state index in [9.17, 15) is 22.8 Å². The highest BCUT2D eigenvalue weighted by molar-refractivity contribution is 6.30. The van der Waals surface area contributed by atoms with E-state index in [0.29, 0.717) is 16.3 Å². The molecule has 2 aromatic carbocycles. The second-order valence-electron chi connectivity index (χ2n) is 6.68. The molecular formula is C20H21ClF3N3O2. The molecule has 0 aliphatic carbocycles. The molecule has 0 aromatic heterocycles. The maximum Gasteiger partial charge on any atom is 0.418 e. The summed E-state index contributed by atoms with van der Waals surface area (Å²) in [6.45, 7) is 1.29. The molecule has 0 spiro atoms. The molecule has 0 bridgehead atoms. The lowest BCUT2D eigenvalue weighted by molar-refractivity contribution is -0.137. The van der Waals surface area contributed by atoms with Gasteiger partial charge < -0.3 is 15.5 Å². The van der Waals surface area contributed by atoms with Crippen LogP contribution in [0.2, 0.25) is 5.02 Å². The number of carbonyl (C=O) groups excluding carboxylic acids is 2. The fraction of sp³-hybridized carbons (Fsp3) is 0.300. The van der Waals surface area contributed by atoms with Crippen LogP contribution < -0.4 is 15.5 Å². The van der Waals surface area contributed by atoms with Crippen molar-refractivity contribution >= 4 is 34.8 Å². The molecule has 29 heavy (non-hydrogen) atoms. The zero-order valence-electron chi connectivity index (χ0n) is 16.1. The van der Waals surface area contributed by atoms with Gasteiger partial charge in [0.15, 0.2) is 0 Å². The Morgan fingerprint density at radius 2 is 1.72 bits per heavy atom. The molecule has 0 aliphatic heterocycles. The molecule has 0 heterocycles. The van der Waals surface area contributed by atoms with Crippen LogP contribution in [0.5, 0.6) is 0 Å². The van der Waals surface area contributed by atoms with Gasteiger partial charge in [-0.25, -0.2) is 0 Å². The van der Waals surface area contributed by atoms with E-state index in [-0.39, 0.29) is 18.0 Å². The predicted octanol–water partition coefficient (Wildman–Crippen LogP) is 4.63. The third-order valence-corrected chi connectivity index (χ3v) is 4.39. The molecule has 2 aromatic rings. The molecule has 9 heteroatoms. The minimum atomic E-state index is -4.64. The molecule has 5 nitrogen and oxygen atoms in total. The predicted molar refractivity (Wildman–Crippen MR) is 107 cm³/mol. The summed E-state index contributed by atoms with van der Waals surface area (Å²) in [5, 5.41) is 5.42. The van der Waals surface area contributed by atoms with E-state index in [1.165, 1.54) is 24.0 Å². The SMILES string of the molecule is CC(=O)NC(CC(=O)Nc1ccc(N(C)C)cc1C(F)(F)F)c1ccc(Cl)cc1. The van der Waals surface area contributed by atoms with Gasteiger partial charge in [-0.1, -0.05) is 23.7 Å². The van der Waals surface area contributed by atoms with Crippen LogP contribution in [0, 0.1) is 0 Å². The number of hydrogen-bond acceptors (Lipinski definition) is 3. The van der Waals surface area contributed by atoms with Crippen molar-refractivity contribution in [1.82, 2.24) is 5.32 Å². The van der Waals surface area contributed by atoms with Crippen LogP contribution >= 0.6 is 11.6 Å². The second kappa shape index (κ2) is 9.17. The number of alkyl halides is 3. The van der Waals surface area contributed by atoms with E-state index in [0.717, 1.165) is 6.07 Å². The van der Waals surface area contributed by atoms with Crippen molar-refractivity contribution in [1.29, 1.82) is 0 Å². The van der Waals surface area contributed by atoms with Crippen molar-refractivity contribution in [3.05, 3.63) is 58.6 Å². The van der Waals surface area contributed by atoms with Gasteiger partial charge in [0.1, 0.15) is 0 Å². The first kappa shape index (κ1) is 22.5. The molecule has 2 amide bonds. The number of benzene rings is 2. The average Bonchev–Trinajstić information content (AvgIpc) is 2.60. The lowest BCUT2D eigenvalue weighted by Crippen LogP contribution is -2.30. The first-order chi connectivity index (χ1) is 13.5. The van der Waals surface area contributed by atoms with Crippen LogP contribution in [-0.2, 0) is 15.8 Å². The quantitative estimate of drug-likeness (QED) is 0.706. The number of nitrogens with zero attached hydrogens (tertiary/aromatic N) is 1. The average molecular weight is 428 g/mol. The Hall–Kier alpha value is -2.74. The molecular weight excluding hydrogens is 407 g/mol. The van der Waals surface area contributed by atoms with Crippen molar-refractivity contribution in [3.8, 4) is 0 Å². The molecule has 0 aliphatic rings. The normalized spacial score (nSPS) is 12.2. The van der Waals surface area contributed by atoms with E-state index in [4.69, 9.17) is 11.6 Å². The standard InChI is InChI=1S/C20H21ClF3N3O2/c1-12(28)25-18(13-4-6-14(21)7-5-13)11-19(29)26-17-9-8-15(27(2)3)10-16(17)20(22,23)24/h4-10,18H,11H2,1-3H3,(H,25,28)(H,26,29). The molecule has 156 valence electrons. The third-order valence-electron chi connectivity index (χ3n) is 4.14. The summed E-state index contributed by atoms with van der Waals surface area (Å²) >= 11 is 5.85. The summed E-state index contributed by atoms with van der Waals surface area (Å²) in [5.41, 5.74) is -0.322. The summed E-state index contributed by atoms with van der Waals surface area (Å²) < 4.78 is 40.3. The summed E-state index contributed by atoms with van der Waals surface area (Å²) in [6, 6.07) is 9.45. The van der Waals surface area contributed by atoms with E-state index in [1.807, 2.05) is 0 Å². The maximum atomic E-state index is 13.4. The number of rotatable bonds is 6. The van der Waals surface area contributed by atoms with Gasteiger partial charge in [0, 0.05) is 31.7 Å². The van der Waals surface area contributed by atoms with Crippen molar-refractivity contribution < 1.29 is 22.8 Å². The van der Waals surface area contributed by atoms with E-state index in [1.54, 1.807) is 38.4 Å². The van der Waals surface area contributed by atoms with Gasteiger partial charge in [0.2, 0.25) is 11.8 Å². The van der Waals surface area contributed by atoms with Crippen LogP contribution in [0.4, 0.5) is 24.5 Å². The van der Waals surface area contributed by atoms with Crippen molar-refractivity contribution in [3.63, 3.8) is 0 Å². The van der Waals surface area contributed by atoms with Gasteiger partial charge in [-0.2, -0.15) is 13.2 Å². The van der Waals surface area contributed by atoms with Crippen LogP contribution in [0.25, 0.3) is 0 Å². The first-order valence-corrected chi connectivity index (χ1v) is 9.06. The number of anilines is 2. The van der Waals surface area contributed by atoms with Crippen LogP contribution in [0.15, 0.2) is 42.5 Å². The molecule has 2 N–H and O–H groups in total. The highest BCUT2D eigenvalue weighted by atomic mass is 35.5. The van der Waals surface area contributed by atoms with Crippen molar-refractivity contribution in [2.45, 2.75) is 25.6 Å². The number of amides is 2. The Morgan fingerprint density at radius 1 is 1.10 bits per heavy atom. The topological polar surface area (TPSA) is 61.4 Å². The molecule has 0 saturated carbocycles. The van der Waals surface area contributed by atoms with E-state index in [2.05, 4.69) is 10.6 Å². The molecule has 0 fully saturated rings. The zero-order chi connectivity index (χ0) is 21.8. The van der Waals surface area contributed by atoms with E-state index >= 15 is 0 Å². The molecule has 1 atom stereocenters. The number of nitrogens with one attached hydrogen (secondary N) is 2. The van der Waals surface area contributed by atoms with Crippen LogP contribution in [-0.4, -0.2) is 25.9 Å². The lowest BCUT2D eigenvalue weighted by Gasteiger charge is -2.21. The van der Waals surface area contributed by atoms with Gasteiger partial charge in [0.25, 0.3) is 0 Å². The fourth-order valence-corrected chi connectivity index (χ4v) is 2.86. The Labute approximate surface area is 171 Å². The Bertz CT molecular complexity index is 884. The Morgan fingerprint density at radius 3 is 2.24 bits per heavy atom. The summed E-state index contributed by atoms with van der Waals surface area (Å²) in [7, 11) is 3.25. The molecule has 1 unspecified atom stereocenters. The number of carbonyl (C=O) groups is 2. The summed E-state index contributed by atoms with van der Waals surface area (Å²) in [4.78, 5) is 25.5. The first-order valence-electron chi connectivity index (χ1n) is 8.68. The molecule has 0 radical (unpaired) electrons. The zero-order valence-corrected chi connectivity index (χ0v) is 16.9. The number of halogens is 4. The number of hydrogen-bond donors (Lipinski definition) is 2. The maximum absolute atomic E-state index is 13.4. The summed E-state index contributed by atoms with van der Waals surface area (Å²) in [6.07, 6.45) is -4.88. The van der Waals surface area contributed by atoms with E-state index < -0.39 is 23.7 Å². The smallest absolute Gasteiger partial charge is 0.378 e. The monoisotopic (exact) mass is 427 g/mol. The van der Waals surface area contributed by atoms with Gasteiger partial charge in [-0.15, -0.1) is 0 Å². The van der Waals surface area contributed by atoms with Crippen LogP contribution in [0.1, 0.15) is 30.5 Å². The van der Waals surface area contributed by atoms with Gasteiger partial charge in [-0.3, -0.25) is 9.59 Å². The highest BCUT2D eigenvalue weighted by Crippen LogP contribution is 2.37. The highest BCUT2D eigenvalue weighted by Gasteiger charge is 2.34. The molecule has 2 rings (SSSR count). The minimum absolute atomic E-state index is 0.242. The Kier molecular flexibility index (Phi) is 7.13. The summed E-state index contributed by atoms with van der Waals surface area (Å²) in [5.74, 6) is -1.04. The second-order valence-corrected chi connectivity index (χ2v) is 7.12. The van der Waals surface area contributed by atoms with Crippen molar-refractivity contribution in [2.24, 2.45) is 0 Å². The van der Waals surface area contributed by atoms with Gasteiger partial charge >= 0.3 is 6.18 Å². The largest absolute Gasteiger partial charge is 0.418 e. The van der Waals surface area contributed by atoms with Gasteiger partial charge in [0.05, 0.1) is 23.7 Å². The van der Waals surface area contributed by atoms with Crippen molar-refractivity contribution in [2.75, 3.05) is 24.3 Å². The minimum Gasteiger partial charge on any atom is -0.378 e. The fourth-order valence-electron chi connectivity index (χ4n) is 2.73. The van der Waals surface area contributed by atoms with Crippen LogP contribution in [0.3, 0.4) is 0 Å². The third kappa shape index (κ3) is 6.39.